The van der Waals surface area contributed by atoms with Gasteiger partial charge in [0.05, 0.1) is 5.39 Å². The Balaban J connectivity index is 2.58. The Morgan fingerprint density at radius 3 is 2.68 bits per heavy atom. The smallest absolute Gasteiger partial charge is 0.285 e. The first kappa shape index (κ1) is 14.1. The predicted octanol–water partition coefficient (Wildman–Crippen LogP) is 3.06. The van der Waals surface area contributed by atoms with E-state index in [1.807, 2.05) is 5.38 Å². The summed E-state index contributed by atoms with van der Waals surface area (Å²) in [5.41, 5.74) is 0.493. The molecular formula is C14H20N2O2S. The van der Waals surface area contributed by atoms with Crippen molar-refractivity contribution >= 4 is 21.6 Å². The number of aryl methyl sites for hydroxylation is 1. The van der Waals surface area contributed by atoms with Crippen molar-refractivity contribution in [3.05, 3.63) is 31.8 Å². The Kier molecular flexibility index (Phi) is 4.24. The molecule has 0 bridgehead atoms. The lowest BCUT2D eigenvalue weighted by Gasteiger charge is -2.07. The van der Waals surface area contributed by atoms with Gasteiger partial charge in [-0.25, -0.2) is 4.79 Å². The van der Waals surface area contributed by atoms with Crippen molar-refractivity contribution in [3.8, 4) is 0 Å². The fourth-order valence-corrected chi connectivity index (χ4v) is 3.51. The van der Waals surface area contributed by atoms with E-state index in [1.165, 1.54) is 11.3 Å². The maximum absolute atomic E-state index is 12.0. The third-order valence-electron chi connectivity index (χ3n) is 3.35. The van der Waals surface area contributed by atoms with Gasteiger partial charge in [0.25, 0.3) is 5.56 Å². The van der Waals surface area contributed by atoms with Gasteiger partial charge in [0.1, 0.15) is 4.83 Å². The van der Waals surface area contributed by atoms with Gasteiger partial charge in [-0.1, -0.05) is 33.6 Å². The van der Waals surface area contributed by atoms with Crippen LogP contribution in [0.5, 0.6) is 0 Å². The summed E-state index contributed by atoms with van der Waals surface area (Å²) in [7, 11) is 0. The van der Waals surface area contributed by atoms with Gasteiger partial charge in [-0.2, -0.15) is 0 Å². The van der Waals surface area contributed by atoms with Crippen LogP contribution in [0.15, 0.2) is 15.0 Å². The van der Waals surface area contributed by atoms with Crippen LogP contribution in [-0.4, -0.2) is 9.55 Å². The highest BCUT2D eigenvalue weighted by Crippen LogP contribution is 2.27. The van der Waals surface area contributed by atoms with Gasteiger partial charge < -0.3 is 0 Å². The first-order valence-electron chi connectivity index (χ1n) is 6.80. The second kappa shape index (κ2) is 5.74. The molecule has 0 aromatic carbocycles. The number of fused-ring (bicyclic) bond motifs is 1. The largest absolute Gasteiger partial charge is 0.329 e. The van der Waals surface area contributed by atoms with Crippen LogP contribution in [0, 0.1) is 0 Å². The lowest BCUT2D eigenvalue weighted by atomic mass is 10.0. The number of unbranched alkanes of at least 4 members (excludes halogenated alkanes) is 2. The molecule has 0 spiro atoms. The van der Waals surface area contributed by atoms with Gasteiger partial charge in [-0.05, 0) is 23.3 Å². The third kappa shape index (κ3) is 2.66. The Morgan fingerprint density at radius 1 is 1.32 bits per heavy atom. The van der Waals surface area contributed by atoms with E-state index in [2.05, 4.69) is 25.8 Å². The number of hydrogen-bond donors (Lipinski definition) is 1. The van der Waals surface area contributed by atoms with Crippen LogP contribution < -0.4 is 11.2 Å². The van der Waals surface area contributed by atoms with Crippen LogP contribution in [0.1, 0.15) is 51.5 Å². The van der Waals surface area contributed by atoms with Gasteiger partial charge in [-0.3, -0.25) is 14.3 Å². The fourth-order valence-electron chi connectivity index (χ4n) is 2.25. The highest BCUT2D eigenvalue weighted by atomic mass is 32.1. The predicted molar refractivity (Wildman–Crippen MR) is 80.3 cm³/mol. The van der Waals surface area contributed by atoms with Crippen molar-refractivity contribution in [1.82, 2.24) is 9.55 Å². The Hall–Kier alpha value is -1.36. The molecule has 0 saturated carbocycles. The number of thiophene rings is 1. The molecule has 0 fully saturated rings. The number of rotatable bonds is 5. The molecule has 1 N–H and O–H groups in total. The van der Waals surface area contributed by atoms with Crippen molar-refractivity contribution in [2.45, 2.75) is 52.5 Å². The zero-order chi connectivity index (χ0) is 14.0. The SMILES string of the molecule is CCCCCn1c(=O)[nH]c(=O)c2c(C(C)C)csc21. The highest BCUT2D eigenvalue weighted by molar-refractivity contribution is 7.17. The zero-order valence-electron chi connectivity index (χ0n) is 11.7. The minimum Gasteiger partial charge on any atom is -0.285 e. The minimum absolute atomic E-state index is 0.253. The van der Waals surface area contributed by atoms with Gasteiger partial charge in [0.2, 0.25) is 0 Å². The molecule has 0 atom stereocenters. The van der Waals surface area contributed by atoms with Crippen LogP contribution in [0.25, 0.3) is 10.2 Å². The standard InChI is InChI=1S/C14H20N2O2S/c1-4-5-6-7-16-13-11(12(17)15-14(16)18)10(8-19-13)9(2)3/h8-9H,4-7H2,1-3H3,(H,15,17,18). The summed E-state index contributed by atoms with van der Waals surface area (Å²) in [6.45, 7) is 6.94. The monoisotopic (exact) mass is 280 g/mol. The van der Waals surface area contributed by atoms with Crippen LogP contribution in [0.3, 0.4) is 0 Å². The molecule has 2 aromatic rings. The summed E-state index contributed by atoms with van der Waals surface area (Å²) >= 11 is 1.50. The average molecular weight is 280 g/mol. The fraction of sp³-hybridized carbons (Fsp3) is 0.571. The summed E-state index contributed by atoms with van der Waals surface area (Å²) in [6, 6.07) is 0. The van der Waals surface area contributed by atoms with Crippen LogP contribution in [0.2, 0.25) is 0 Å². The molecule has 0 unspecified atom stereocenters. The second-order valence-electron chi connectivity index (χ2n) is 5.14. The van der Waals surface area contributed by atoms with Crippen LogP contribution in [-0.2, 0) is 6.54 Å². The van der Waals surface area contributed by atoms with E-state index in [-0.39, 0.29) is 17.2 Å². The maximum atomic E-state index is 12.0. The van der Waals surface area contributed by atoms with E-state index in [9.17, 15) is 9.59 Å². The number of nitrogens with one attached hydrogen (secondary N) is 1. The van der Waals surface area contributed by atoms with E-state index < -0.39 is 0 Å². The average Bonchev–Trinajstić information content (AvgIpc) is 2.78. The molecule has 0 amide bonds. The molecule has 0 saturated heterocycles. The van der Waals surface area contributed by atoms with Gasteiger partial charge in [0.15, 0.2) is 0 Å². The first-order chi connectivity index (χ1) is 9.06. The van der Waals surface area contributed by atoms with Gasteiger partial charge in [-0.15, -0.1) is 11.3 Å². The number of nitrogens with zero attached hydrogens (tertiary/aromatic N) is 1. The molecule has 0 aliphatic carbocycles. The lowest BCUT2D eigenvalue weighted by molar-refractivity contribution is 0.594. The summed E-state index contributed by atoms with van der Waals surface area (Å²) in [5, 5.41) is 2.69. The first-order valence-corrected chi connectivity index (χ1v) is 7.68. The van der Waals surface area contributed by atoms with Gasteiger partial charge in [0, 0.05) is 6.54 Å². The number of aromatic nitrogens is 2. The van der Waals surface area contributed by atoms with E-state index in [4.69, 9.17) is 0 Å². The number of H-pyrrole nitrogens is 1. The van der Waals surface area contributed by atoms with E-state index in [1.54, 1.807) is 4.57 Å². The lowest BCUT2D eigenvalue weighted by Crippen LogP contribution is -2.30. The third-order valence-corrected chi connectivity index (χ3v) is 4.36. The van der Waals surface area contributed by atoms with Crippen molar-refractivity contribution in [2.75, 3.05) is 0 Å². The van der Waals surface area contributed by atoms with Crippen molar-refractivity contribution in [3.63, 3.8) is 0 Å². The minimum atomic E-state index is -0.286. The zero-order valence-corrected chi connectivity index (χ0v) is 12.5. The summed E-state index contributed by atoms with van der Waals surface area (Å²) in [6.07, 6.45) is 3.17. The van der Waals surface area contributed by atoms with Crippen molar-refractivity contribution in [1.29, 1.82) is 0 Å². The van der Waals surface area contributed by atoms with E-state index in [0.29, 0.717) is 11.9 Å². The number of aromatic amines is 1. The highest BCUT2D eigenvalue weighted by Gasteiger charge is 2.15. The molecule has 2 rings (SSSR count). The Bertz CT molecular complexity index is 679. The molecule has 0 radical (unpaired) electrons. The van der Waals surface area contributed by atoms with Crippen molar-refractivity contribution < 1.29 is 0 Å². The van der Waals surface area contributed by atoms with Crippen LogP contribution >= 0.6 is 11.3 Å². The summed E-state index contributed by atoms with van der Waals surface area (Å²) in [5.74, 6) is 0.288. The normalized spacial score (nSPS) is 11.6. The molecule has 5 heteroatoms. The number of hydrogen-bond acceptors (Lipinski definition) is 3. The second-order valence-corrected chi connectivity index (χ2v) is 6.00. The van der Waals surface area contributed by atoms with E-state index in [0.717, 1.165) is 29.7 Å². The Labute approximate surface area is 116 Å². The molecule has 0 aliphatic heterocycles. The molecule has 2 heterocycles. The molecule has 104 valence electrons. The quantitative estimate of drug-likeness (QED) is 0.856. The molecule has 0 aliphatic rings. The maximum Gasteiger partial charge on any atom is 0.329 e. The van der Waals surface area contributed by atoms with Crippen molar-refractivity contribution in [2.24, 2.45) is 0 Å². The molecule has 2 aromatic heterocycles. The molecule has 4 nitrogen and oxygen atoms in total. The topological polar surface area (TPSA) is 54.9 Å². The summed E-state index contributed by atoms with van der Waals surface area (Å²) in [4.78, 5) is 27.2. The Morgan fingerprint density at radius 2 is 2.05 bits per heavy atom. The molecular weight excluding hydrogens is 260 g/mol. The van der Waals surface area contributed by atoms with Gasteiger partial charge >= 0.3 is 5.69 Å². The van der Waals surface area contributed by atoms with E-state index >= 15 is 0 Å². The summed E-state index contributed by atoms with van der Waals surface area (Å²) < 4.78 is 1.71. The van der Waals surface area contributed by atoms with Crippen LogP contribution in [0.4, 0.5) is 0 Å². The molecule has 19 heavy (non-hydrogen) atoms.